The number of fused-ring (bicyclic) bond motifs is 1. The molecule has 0 aliphatic carbocycles. The first-order valence-electron chi connectivity index (χ1n) is 10.9. The predicted octanol–water partition coefficient (Wildman–Crippen LogP) is 4.30. The summed E-state index contributed by atoms with van der Waals surface area (Å²) in [6.07, 6.45) is 0.455. The van der Waals surface area contributed by atoms with Crippen molar-refractivity contribution in [2.45, 2.75) is 27.2 Å². The molecule has 5 nitrogen and oxygen atoms in total. The summed E-state index contributed by atoms with van der Waals surface area (Å²) in [5, 5.41) is 3.59. The number of halogens is 1. The molecule has 0 spiro atoms. The highest BCUT2D eigenvalue weighted by Crippen LogP contribution is 2.32. The van der Waals surface area contributed by atoms with E-state index in [0.29, 0.717) is 23.3 Å². The van der Waals surface area contributed by atoms with E-state index in [-0.39, 0.29) is 11.8 Å². The molecular formula is C25H30ClN3O2. The molecule has 2 aliphatic heterocycles. The normalized spacial score (nSPS) is 20.7. The quantitative estimate of drug-likeness (QED) is 0.755. The van der Waals surface area contributed by atoms with E-state index in [1.165, 1.54) is 5.56 Å². The molecule has 0 bridgehead atoms. The van der Waals surface area contributed by atoms with Gasteiger partial charge in [-0.1, -0.05) is 35.4 Å². The van der Waals surface area contributed by atoms with Crippen LogP contribution in [-0.2, 0) is 4.79 Å². The van der Waals surface area contributed by atoms with Crippen LogP contribution in [0.15, 0.2) is 36.4 Å². The van der Waals surface area contributed by atoms with Gasteiger partial charge in [0.1, 0.15) is 0 Å². The van der Waals surface area contributed by atoms with Crippen molar-refractivity contribution in [2.24, 2.45) is 11.8 Å². The van der Waals surface area contributed by atoms with Crippen LogP contribution < -0.4 is 5.32 Å². The van der Waals surface area contributed by atoms with E-state index in [2.05, 4.69) is 16.3 Å². The second kappa shape index (κ2) is 9.01. The van der Waals surface area contributed by atoms with Gasteiger partial charge in [-0.3, -0.25) is 9.59 Å². The Hall–Kier alpha value is -2.37. The van der Waals surface area contributed by atoms with E-state index in [1.54, 1.807) is 6.07 Å². The summed E-state index contributed by atoms with van der Waals surface area (Å²) in [5.74, 6) is 1.14. The Bertz CT molecular complexity index is 992. The number of nitrogens with zero attached hydrogens (tertiary/aromatic N) is 2. The predicted molar refractivity (Wildman–Crippen MR) is 125 cm³/mol. The van der Waals surface area contributed by atoms with Gasteiger partial charge in [0.15, 0.2) is 0 Å². The van der Waals surface area contributed by atoms with E-state index < -0.39 is 0 Å². The van der Waals surface area contributed by atoms with Gasteiger partial charge in [-0.05, 0) is 61.9 Å². The van der Waals surface area contributed by atoms with Gasteiger partial charge in [-0.25, -0.2) is 0 Å². The number of rotatable bonds is 5. The van der Waals surface area contributed by atoms with E-state index >= 15 is 0 Å². The molecule has 2 unspecified atom stereocenters. The molecule has 6 heteroatoms. The first-order valence-corrected chi connectivity index (χ1v) is 11.3. The lowest BCUT2D eigenvalue weighted by molar-refractivity contribution is -0.116. The summed E-state index contributed by atoms with van der Waals surface area (Å²) in [5.41, 5.74) is 4.77. The molecule has 2 atom stereocenters. The molecule has 31 heavy (non-hydrogen) atoms. The Morgan fingerprint density at radius 3 is 2.32 bits per heavy atom. The summed E-state index contributed by atoms with van der Waals surface area (Å²) in [6, 6.07) is 11.6. The summed E-state index contributed by atoms with van der Waals surface area (Å²) in [7, 11) is 0. The van der Waals surface area contributed by atoms with Gasteiger partial charge < -0.3 is 15.1 Å². The highest BCUT2D eigenvalue weighted by molar-refractivity contribution is 6.31. The first kappa shape index (κ1) is 21.8. The van der Waals surface area contributed by atoms with E-state index in [4.69, 9.17) is 11.6 Å². The van der Waals surface area contributed by atoms with Crippen molar-refractivity contribution in [1.82, 2.24) is 9.80 Å². The molecule has 2 amide bonds. The lowest BCUT2D eigenvalue weighted by Gasteiger charge is -2.22. The fraction of sp³-hybridized carbons (Fsp3) is 0.440. The number of amides is 2. The third-order valence-electron chi connectivity index (χ3n) is 6.57. The van der Waals surface area contributed by atoms with Crippen molar-refractivity contribution in [3.63, 3.8) is 0 Å². The number of likely N-dealkylation sites (tertiary alicyclic amines) is 2. The maximum absolute atomic E-state index is 13.0. The Labute approximate surface area is 189 Å². The van der Waals surface area contributed by atoms with Crippen molar-refractivity contribution >= 4 is 29.1 Å². The van der Waals surface area contributed by atoms with Crippen molar-refractivity contribution in [2.75, 3.05) is 38.0 Å². The number of hydrogen-bond acceptors (Lipinski definition) is 3. The molecule has 164 valence electrons. The van der Waals surface area contributed by atoms with Crippen LogP contribution >= 0.6 is 11.6 Å². The van der Waals surface area contributed by atoms with Crippen molar-refractivity contribution in [3.05, 3.63) is 63.7 Å². The minimum atomic E-state index is 0.00336. The Morgan fingerprint density at radius 1 is 0.968 bits per heavy atom. The van der Waals surface area contributed by atoms with Gasteiger partial charge >= 0.3 is 0 Å². The fourth-order valence-corrected chi connectivity index (χ4v) is 5.00. The number of benzene rings is 2. The van der Waals surface area contributed by atoms with Crippen LogP contribution in [0.25, 0.3) is 0 Å². The Balaban J connectivity index is 1.25. The molecule has 2 fully saturated rings. The maximum atomic E-state index is 13.0. The molecule has 2 aliphatic rings. The lowest BCUT2D eigenvalue weighted by Crippen LogP contribution is -2.34. The van der Waals surface area contributed by atoms with Gasteiger partial charge in [0.25, 0.3) is 5.91 Å². The second-order valence-electron chi connectivity index (χ2n) is 9.07. The molecule has 0 radical (unpaired) electrons. The summed E-state index contributed by atoms with van der Waals surface area (Å²) < 4.78 is 0. The van der Waals surface area contributed by atoms with Crippen LogP contribution in [0.3, 0.4) is 0 Å². The van der Waals surface area contributed by atoms with Crippen LogP contribution in [0.5, 0.6) is 0 Å². The molecule has 2 aromatic rings. The van der Waals surface area contributed by atoms with E-state index in [0.717, 1.165) is 55.1 Å². The largest absolute Gasteiger partial charge is 0.338 e. The molecule has 2 heterocycles. The topological polar surface area (TPSA) is 52.7 Å². The number of carbonyl (C=O) groups excluding carboxylic acids is 2. The minimum Gasteiger partial charge on any atom is -0.338 e. The molecule has 1 N–H and O–H groups in total. The average Bonchev–Trinajstić information content (AvgIpc) is 3.28. The summed E-state index contributed by atoms with van der Waals surface area (Å²) in [4.78, 5) is 29.7. The number of nitrogens with one attached hydrogen (secondary N) is 1. The molecule has 0 saturated carbocycles. The Morgan fingerprint density at radius 2 is 1.68 bits per heavy atom. The molecule has 2 aromatic carbocycles. The standard InChI is InChI=1S/C25H30ClN3O2/c1-16-4-7-22(18(3)10-16)25(31)29-14-19-12-28(13-20(19)15-29)9-8-24(30)27-21-6-5-17(2)23(26)11-21/h4-7,10-11,19-20H,8-9,12-15H2,1-3H3,(H,27,30). The van der Waals surface area contributed by atoms with E-state index in [1.807, 2.05) is 49.9 Å². The van der Waals surface area contributed by atoms with Crippen molar-refractivity contribution in [3.8, 4) is 0 Å². The zero-order valence-electron chi connectivity index (χ0n) is 18.5. The number of hydrogen-bond donors (Lipinski definition) is 1. The third kappa shape index (κ3) is 4.94. The second-order valence-corrected chi connectivity index (χ2v) is 9.48. The van der Waals surface area contributed by atoms with Crippen molar-refractivity contribution < 1.29 is 9.59 Å². The zero-order valence-corrected chi connectivity index (χ0v) is 19.2. The van der Waals surface area contributed by atoms with E-state index in [9.17, 15) is 9.59 Å². The monoisotopic (exact) mass is 439 g/mol. The highest BCUT2D eigenvalue weighted by atomic mass is 35.5. The summed E-state index contributed by atoms with van der Waals surface area (Å²) in [6.45, 7) is 10.2. The molecule has 2 saturated heterocycles. The molecule has 0 aromatic heterocycles. The van der Waals surface area contributed by atoms with Gasteiger partial charge in [0.05, 0.1) is 0 Å². The molecule has 4 rings (SSSR count). The van der Waals surface area contributed by atoms with Gasteiger partial charge in [-0.15, -0.1) is 0 Å². The number of anilines is 1. The van der Waals surface area contributed by atoms with Crippen LogP contribution in [0.1, 0.15) is 33.5 Å². The average molecular weight is 440 g/mol. The zero-order chi connectivity index (χ0) is 22.1. The van der Waals surface area contributed by atoms with Crippen LogP contribution in [0.2, 0.25) is 5.02 Å². The smallest absolute Gasteiger partial charge is 0.254 e. The summed E-state index contributed by atoms with van der Waals surface area (Å²) >= 11 is 6.13. The van der Waals surface area contributed by atoms with Gasteiger partial charge in [0, 0.05) is 55.4 Å². The SMILES string of the molecule is Cc1ccc(C(=O)N2CC3CN(CCC(=O)Nc4ccc(C)c(Cl)c4)CC3C2)c(C)c1. The maximum Gasteiger partial charge on any atom is 0.254 e. The minimum absolute atomic E-state index is 0.00336. The Kier molecular flexibility index (Phi) is 6.35. The highest BCUT2D eigenvalue weighted by Gasteiger charge is 2.41. The lowest BCUT2D eigenvalue weighted by atomic mass is 10.0. The van der Waals surface area contributed by atoms with Gasteiger partial charge in [0.2, 0.25) is 5.91 Å². The van der Waals surface area contributed by atoms with Gasteiger partial charge in [-0.2, -0.15) is 0 Å². The number of aryl methyl sites for hydroxylation is 3. The third-order valence-corrected chi connectivity index (χ3v) is 6.98. The van der Waals surface area contributed by atoms with Crippen LogP contribution in [0.4, 0.5) is 5.69 Å². The number of carbonyl (C=O) groups is 2. The first-order chi connectivity index (χ1) is 14.8. The fourth-order valence-electron chi connectivity index (χ4n) is 4.82. The van der Waals surface area contributed by atoms with Crippen molar-refractivity contribution in [1.29, 1.82) is 0 Å². The van der Waals surface area contributed by atoms with Crippen LogP contribution in [-0.4, -0.2) is 54.3 Å². The molecular weight excluding hydrogens is 410 g/mol. The van der Waals surface area contributed by atoms with Crippen LogP contribution in [0, 0.1) is 32.6 Å².